The summed E-state index contributed by atoms with van der Waals surface area (Å²) in [7, 11) is -2.15. The fourth-order valence-electron chi connectivity index (χ4n) is 4.33. The number of hydrogen-bond donors (Lipinski definition) is 0. The number of alkyl halides is 2. The van der Waals surface area contributed by atoms with Crippen LogP contribution in [0.25, 0.3) is 0 Å². The molecule has 2 aromatic rings. The van der Waals surface area contributed by atoms with Crippen LogP contribution in [0.4, 0.5) is 20.2 Å². The van der Waals surface area contributed by atoms with Crippen LogP contribution in [0.2, 0.25) is 0 Å². The van der Waals surface area contributed by atoms with Crippen LogP contribution in [0.3, 0.4) is 0 Å². The fourth-order valence-corrected chi connectivity index (χ4v) is 6.12. The van der Waals surface area contributed by atoms with Crippen LogP contribution in [-0.4, -0.2) is 58.9 Å². The number of likely N-dealkylation sites (N-methyl/N-ethyl adjacent to an activating group) is 1. The van der Waals surface area contributed by atoms with E-state index in [0.717, 1.165) is 43.9 Å². The molecular formula is C23H29F2N3O4S. The first kappa shape index (κ1) is 23.6. The maximum atomic E-state index is 13.7. The number of ether oxygens (including phenoxy) is 2. The Morgan fingerprint density at radius 1 is 1.06 bits per heavy atom. The Balaban J connectivity index is 1.76. The summed E-state index contributed by atoms with van der Waals surface area (Å²) in [5.41, 5.74) is 2.47. The molecule has 1 saturated heterocycles. The van der Waals surface area contributed by atoms with Gasteiger partial charge in [-0.25, -0.2) is 8.42 Å². The molecule has 0 amide bonds. The topological polar surface area (TPSA) is 62.3 Å². The summed E-state index contributed by atoms with van der Waals surface area (Å²) < 4.78 is 65.1. The first-order valence-electron chi connectivity index (χ1n) is 11.0. The van der Waals surface area contributed by atoms with Crippen LogP contribution in [0.15, 0.2) is 41.3 Å². The zero-order valence-electron chi connectivity index (χ0n) is 19.2. The molecule has 4 rings (SSSR count). The third-order valence-electron chi connectivity index (χ3n) is 5.91. The number of aryl methyl sites for hydroxylation is 1. The Hall–Kier alpha value is -2.59. The fraction of sp³-hybridized carbons (Fsp3) is 0.478. The van der Waals surface area contributed by atoms with Crippen molar-refractivity contribution in [3.05, 3.63) is 42.0 Å². The summed E-state index contributed by atoms with van der Waals surface area (Å²) in [6, 6.07) is 8.92. The first-order valence-corrected chi connectivity index (χ1v) is 12.4. The molecule has 2 aliphatic rings. The van der Waals surface area contributed by atoms with Crippen LogP contribution in [0.5, 0.6) is 11.5 Å². The number of anilines is 2. The van der Waals surface area contributed by atoms with Gasteiger partial charge in [0, 0.05) is 31.4 Å². The molecule has 180 valence electrons. The van der Waals surface area contributed by atoms with E-state index in [0.29, 0.717) is 5.69 Å². The van der Waals surface area contributed by atoms with Crippen LogP contribution in [0, 0.1) is 6.92 Å². The van der Waals surface area contributed by atoms with Crippen molar-refractivity contribution in [3.8, 4) is 11.5 Å². The number of para-hydroxylation sites is 1. The molecule has 2 heterocycles. The second-order valence-electron chi connectivity index (χ2n) is 8.76. The van der Waals surface area contributed by atoms with Gasteiger partial charge in [0.2, 0.25) is 0 Å². The lowest BCUT2D eigenvalue weighted by atomic mass is 10.1. The molecule has 0 radical (unpaired) electrons. The van der Waals surface area contributed by atoms with Crippen molar-refractivity contribution in [2.24, 2.45) is 0 Å². The average Bonchev–Trinajstić information content (AvgIpc) is 2.88. The monoisotopic (exact) mass is 481 g/mol. The van der Waals surface area contributed by atoms with Gasteiger partial charge in [-0.3, -0.25) is 4.31 Å². The van der Waals surface area contributed by atoms with Gasteiger partial charge in [-0.15, -0.1) is 8.78 Å². The number of halogens is 2. The smallest absolute Gasteiger partial charge is 0.395 e. The van der Waals surface area contributed by atoms with Crippen molar-refractivity contribution in [3.63, 3.8) is 0 Å². The maximum absolute atomic E-state index is 13.7. The molecule has 0 aromatic heterocycles. The van der Waals surface area contributed by atoms with Crippen LogP contribution in [-0.2, 0) is 10.0 Å². The summed E-state index contributed by atoms with van der Waals surface area (Å²) in [5.74, 6) is -0.779. The van der Waals surface area contributed by atoms with E-state index in [1.165, 1.54) is 22.5 Å². The Labute approximate surface area is 193 Å². The molecule has 0 saturated carbocycles. The van der Waals surface area contributed by atoms with Gasteiger partial charge in [0.15, 0.2) is 11.5 Å². The van der Waals surface area contributed by atoms with E-state index in [4.69, 9.17) is 0 Å². The van der Waals surface area contributed by atoms with E-state index in [1.807, 2.05) is 19.1 Å². The highest BCUT2D eigenvalue weighted by Gasteiger charge is 2.47. The molecule has 2 aliphatic heterocycles. The lowest BCUT2D eigenvalue weighted by Gasteiger charge is -2.31. The standard InChI is InChI=1S/C23H29F2N3O4S/c1-16(2)28(33(29,30)21-8-5-7-20-22(21)32-23(24,25)31-20)18-10-9-17(3)19(15-18)27-12-6-11-26(4)13-14-27/h5,7-10,15-16H,6,11-14H2,1-4H3. The third-order valence-corrected chi connectivity index (χ3v) is 7.93. The number of hydrogen-bond acceptors (Lipinski definition) is 6. The van der Waals surface area contributed by atoms with E-state index < -0.39 is 28.1 Å². The van der Waals surface area contributed by atoms with E-state index in [2.05, 4.69) is 26.3 Å². The zero-order chi connectivity index (χ0) is 24.0. The van der Waals surface area contributed by atoms with Gasteiger partial charge >= 0.3 is 6.29 Å². The zero-order valence-corrected chi connectivity index (χ0v) is 20.0. The van der Waals surface area contributed by atoms with Crippen molar-refractivity contribution < 1.29 is 26.7 Å². The molecule has 0 bridgehead atoms. The Morgan fingerprint density at radius 2 is 1.82 bits per heavy atom. The van der Waals surface area contributed by atoms with Crippen molar-refractivity contribution in [1.82, 2.24) is 4.90 Å². The van der Waals surface area contributed by atoms with Crippen molar-refractivity contribution >= 4 is 21.4 Å². The minimum atomic E-state index is -4.24. The summed E-state index contributed by atoms with van der Waals surface area (Å²) in [4.78, 5) is 4.19. The predicted octanol–water partition coefficient (Wildman–Crippen LogP) is 4.06. The summed E-state index contributed by atoms with van der Waals surface area (Å²) in [6.45, 7) is 9.11. The van der Waals surface area contributed by atoms with Gasteiger partial charge in [-0.05, 0) is 70.6 Å². The molecule has 33 heavy (non-hydrogen) atoms. The summed E-state index contributed by atoms with van der Waals surface area (Å²) in [6.07, 6.45) is -2.90. The molecule has 1 fully saturated rings. The largest absolute Gasteiger partial charge is 0.586 e. The Morgan fingerprint density at radius 3 is 2.55 bits per heavy atom. The second-order valence-corrected chi connectivity index (χ2v) is 10.5. The van der Waals surface area contributed by atoms with Gasteiger partial charge in [0.05, 0.1) is 5.69 Å². The number of rotatable bonds is 5. The molecule has 0 aliphatic carbocycles. The number of benzene rings is 2. The number of nitrogens with zero attached hydrogens (tertiary/aromatic N) is 3. The molecule has 0 unspecified atom stereocenters. The van der Waals surface area contributed by atoms with Gasteiger partial charge in [0.1, 0.15) is 4.90 Å². The van der Waals surface area contributed by atoms with E-state index in [1.54, 1.807) is 19.9 Å². The molecule has 0 atom stereocenters. The summed E-state index contributed by atoms with van der Waals surface area (Å²) >= 11 is 0. The van der Waals surface area contributed by atoms with Gasteiger partial charge < -0.3 is 19.3 Å². The normalized spacial score (nSPS) is 18.5. The van der Waals surface area contributed by atoms with Gasteiger partial charge in [0.25, 0.3) is 10.0 Å². The molecule has 7 nitrogen and oxygen atoms in total. The van der Waals surface area contributed by atoms with E-state index >= 15 is 0 Å². The first-order chi connectivity index (χ1) is 15.5. The quantitative estimate of drug-likeness (QED) is 0.642. The number of sulfonamides is 1. The van der Waals surface area contributed by atoms with Crippen LogP contribution < -0.4 is 18.7 Å². The van der Waals surface area contributed by atoms with Crippen LogP contribution >= 0.6 is 0 Å². The third kappa shape index (κ3) is 4.59. The lowest BCUT2D eigenvalue weighted by molar-refractivity contribution is -0.287. The molecule has 0 spiro atoms. The second kappa shape index (κ2) is 8.64. The Kier molecular flexibility index (Phi) is 6.17. The molecule has 0 N–H and O–H groups in total. The van der Waals surface area contributed by atoms with Gasteiger partial charge in [-0.1, -0.05) is 12.1 Å². The molecular weight excluding hydrogens is 452 g/mol. The summed E-state index contributed by atoms with van der Waals surface area (Å²) in [5, 5.41) is 0. The Bertz CT molecular complexity index is 1140. The number of fused-ring (bicyclic) bond motifs is 1. The minimum absolute atomic E-state index is 0.303. The molecule has 10 heteroatoms. The van der Waals surface area contributed by atoms with Crippen molar-refractivity contribution in [2.75, 3.05) is 42.4 Å². The highest BCUT2D eigenvalue weighted by atomic mass is 32.2. The van der Waals surface area contributed by atoms with E-state index in [-0.39, 0.29) is 10.6 Å². The maximum Gasteiger partial charge on any atom is 0.586 e. The molecule has 2 aromatic carbocycles. The van der Waals surface area contributed by atoms with Crippen molar-refractivity contribution in [1.29, 1.82) is 0 Å². The highest BCUT2D eigenvalue weighted by molar-refractivity contribution is 7.93. The highest BCUT2D eigenvalue weighted by Crippen LogP contribution is 2.46. The minimum Gasteiger partial charge on any atom is -0.395 e. The van der Waals surface area contributed by atoms with Gasteiger partial charge in [-0.2, -0.15) is 0 Å². The predicted molar refractivity (Wildman–Crippen MR) is 123 cm³/mol. The van der Waals surface area contributed by atoms with Crippen molar-refractivity contribution in [2.45, 2.75) is 44.4 Å². The SMILES string of the molecule is Cc1ccc(N(C(C)C)S(=O)(=O)c2cccc3c2OC(F)(F)O3)cc1N1CCCN(C)CC1. The lowest BCUT2D eigenvalue weighted by Crippen LogP contribution is -2.37. The average molecular weight is 482 g/mol. The van der Waals surface area contributed by atoms with E-state index in [9.17, 15) is 17.2 Å². The van der Waals surface area contributed by atoms with Crippen LogP contribution in [0.1, 0.15) is 25.8 Å².